The fraction of sp³-hybridized carbons (Fsp3) is 0.491. The maximum atomic E-state index is 12.5. The number of carbonyl (C=O) groups is 1. The molecule has 0 radical (unpaired) electrons. The van der Waals surface area contributed by atoms with Gasteiger partial charge in [-0.25, -0.2) is 40.2 Å². The number of ether oxygens (including phenoxy) is 4. The minimum absolute atomic E-state index is 0.0135. The number of hydrogen-bond acceptors (Lipinski definition) is 23. The van der Waals surface area contributed by atoms with E-state index in [-0.39, 0.29) is 63.9 Å². The normalized spacial score (nSPS) is 15.3. The van der Waals surface area contributed by atoms with E-state index >= 15 is 0 Å². The Hall–Kier alpha value is -8.64. The van der Waals surface area contributed by atoms with Gasteiger partial charge in [0.05, 0.1) is 97.3 Å². The summed E-state index contributed by atoms with van der Waals surface area (Å²) in [6.07, 6.45) is 22.2. The summed E-state index contributed by atoms with van der Waals surface area (Å²) >= 11 is 1.98. The Kier molecular flexibility index (Phi) is 41.0. The van der Waals surface area contributed by atoms with Crippen molar-refractivity contribution in [3.63, 3.8) is 0 Å². The number of unbranched alkanes of at least 4 members (excludes halogenated alkanes) is 3. The zero-order chi connectivity index (χ0) is 105. The molecule has 12 heterocycles. The summed E-state index contributed by atoms with van der Waals surface area (Å²) < 4.78 is 111. The fourth-order valence-electron chi connectivity index (χ4n) is 18.4. The first-order valence-corrected chi connectivity index (χ1v) is 80.3. The van der Waals surface area contributed by atoms with Crippen LogP contribution in [-0.4, -0.2) is 228 Å². The molecule has 145 heavy (non-hydrogen) atoms. The Bertz CT molecular complexity index is 6600. The minimum Gasteiger partial charge on any atom is -0.383 e. The number of anilines is 3. The van der Waals surface area contributed by atoms with Gasteiger partial charge in [-0.05, 0) is 116 Å². The van der Waals surface area contributed by atoms with E-state index in [1.54, 1.807) is 29.3 Å². The van der Waals surface area contributed by atoms with Crippen molar-refractivity contribution in [2.75, 3.05) is 103 Å². The molecule has 2 N–H and O–H groups in total. The number of nitrogens with zero attached hydrogens (tertiary/aromatic N) is 14. The summed E-state index contributed by atoms with van der Waals surface area (Å²) in [4.78, 5) is 46.1. The minimum atomic E-state index is -3.07. The van der Waals surface area contributed by atoms with Crippen LogP contribution in [0, 0.1) is 0 Å². The smallest absolute Gasteiger partial charge is 0.165 e. The molecule has 3 saturated heterocycles. The number of ketones is 1. The molecule has 0 atom stereocenters. The summed E-state index contributed by atoms with van der Waals surface area (Å²) in [5.74, 6) is 2.18. The zero-order valence-electron chi connectivity index (χ0n) is 89.0. The van der Waals surface area contributed by atoms with Crippen LogP contribution in [0.5, 0.6) is 0 Å². The van der Waals surface area contributed by atoms with Gasteiger partial charge in [0.15, 0.2) is 28.5 Å². The number of aromatic nitrogens is 12. The zero-order valence-corrected chi connectivity index (χ0v) is 99.9. The molecule has 0 unspecified atom stereocenters. The quantitative estimate of drug-likeness (QED) is 0.0161. The molecule has 3 aliphatic heterocycles. The molecule has 12 aromatic rings. The van der Waals surface area contributed by atoms with Crippen molar-refractivity contribution in [3.05, 3.63) is 214 Å². The van der Waals surface area contributed by atoms with Crippen LogP contribution in [0.1, 0.15) is 169 Å². The molecule has 0 aliphatic carbocycles. The molecule has 15 rings (SSSR count). The summed E-state index contributed by atoms with van der Waals surface area (Å²) in [6, 6.07) is 46.4. The van der Waals surface area contributed by atoms with Gasteiger partial charge in [0, 0.05) is 151 Å². The van der Waals surface area contributed by atoms with E-state index in [0.29, 0.717) is 120 Å². The van der Waals surface area contributed by atoms with E-state index < -0.39 is 80.2 Å². The topological polar surface area (TPSA) is 318 Å². The Morgan fingerprint density at radius 1 is 0.407 bits per heavy atom. The first kappa shape index (κ1) is 115. The van der Waals surface area contributed by atoms with Crippen molar-refractivity contribution in [3.8, 4) is 67.2 Å². The average molecular weight is 2270 g/mol. The monoisotopic (exact) mass is 2270 g/mol. The van der Waals surface area contributed by atoms with Crippen molar-refractivity contribution >= 4 is 142 Å². The Morgan fingerprint density at radius 3 is 0.986 bits per heavy atom. The number of carbonyl (C=O) groups excluding carboxylic acids is 1. The maximum absolute atomic E-state index is 12.5. The van der Waals surface area contributed by atoms with Gasteiger partial charge in [-0.2, -0.15) is 28.8 Å². The third-order valence-electron chi connectivity index (χ3n) is 27.5. The molecule has 0 amide bonds. The number of hydrogen-bond donors (Lipinski definition) is 1. The van der Waals surface area contributed by atoms with Gasteiger partial charge in [0.25, 0.3) is 0 Å². The van der Waals surface area contributed by atoms with E-state index in [0.717, 1.165) is 130 Å². The van der Waals surface area contributed by atoms with E-state index in [1.807, 2.05) is 156 Å². The summed E-state index contributed by atoms with van der Waals surface area (Å²) in [5, 5.41) is 14.2. The van der Waals surface area contributed by atoms with Gasteiger partial charge in [-0.3, -0.25) is 19.7 Å². The van der Waals surface area contributed by atoms with Crippen LogP contribution in [0.3, 0.4) is 0 Å². The van der Waals surface area contributed by atoms with Gasteiger partial charge < -0.3 is 34.5 Å². The van der Waals surface area contributed by atoms with Crippen LogP contribution < -0.4 is 15.5 Å². The molecular weight excluding hydrogens is 2110 g/mol. The molecule has 782 valence electrons. The van der Waals surface area contributed by atoms with Gasteiger partial charge in [0.2, 0.25) is 0 Å². The largest absolute Gasteiger partial charge is 0.383 e. The second kappa shape index (κ2) is 51.7. The predicted octanol–water partition coefficient (Wildman–Crippen LogP) is 25.6. The Balaban J connectivity index is 0.000000182. The molecule has 9 aromatic heterocycles. The maximum Gasteiger partial charge on any atom is 0.165 e. The van der Waals surface area contributed by atoms with Crippen LogP contribution in [-0.2, 0) is 48.5 Å². The van der Waals surface area contributed by atoms with Gasteiger partial charge in [-0.15, -0.1) is 0 Å². The van der Waals surface area contributed by atoms with Crippen LogP contribution in [0.2, 0.25) is 116 Å². The van der Waals surface area contributed by atoms with Gasteiger partial charge >= 0.3 is 108 Å². The molecule has 0 spiro atoms. The van der Waals surface area contributed by atoms with Crippen LogP contribution in [0.25, 0.3) is 89.7 Å². The molecule has 0 bridgehead atoms. The van der Waals surface area contributed by atoms with Gasteiger partial charge in [-0.1, -0.05) is 194 Å². The number of nitrogens with two attached hydrogens (primary N) is 1. The molecule has 0 saturated carbocycles. The third-order valence-corrected chi connectivity index (χ3v) is 56.6. The van der Waals surface area contributed by atoms with Crippen molar-refractivity contribution < 1.29 is 49.0 Å². The van der Waals surface area contributed by atoms with Crippen LogP contribution >= 0.6 is 15.9 Å². The molecule has 3 aliphatic rings. The number of pyridine rings is 3. The number of halogens is 1. The summed E-state index contributed by atoms with van der Waals surface area (Å²) in [7, 11) is -14.3. The standard InChI is InChI=1S/C37H53N5O4SSi2.C34H48BrN5O4SSi2.C24H23N5O3S.3C4H9.C3H5.Sn/c1-28(2)34-35(30-16-20-47(43,44)21-17-30)40-36-32(31-14-15-33(38-24-31)29-12-10-9-11-13-29)25-39-42(36)37(34)41(26-45-18-22-48(3,4)5)27-46-19-23-49(6,7)8;1-46(2,3)20-16-43-24-39(25-44-17-21-47(4,5)6)34-31(35)32(27-14-18-45(41,42)19-15-27)38-33-29(23-37-40(33)34)28-12-13-30(36-22-28)26-10-8-7-9-11-26;1-15(30)21-22(17-9-11-33(31,32)12-10-17)28-24-19(14-27-29(24)23(21)25)18-7-8-20(26-13-18)16-5-3-2-4-6-16;3*1-3-4-2;1-3-2;/h9-15,24-25,30H,1,16-23,26-27H2,2-8H3;7-13,22-23,27H,14-21,24-25H2,1-6H3;2-8,13-14,17H,9-12,25H2,1H3;3*1,3-4H2,2H3;1H2,2H3;. The first-order chi connectivity index (χ1) is 68.8. The second-order valence-electron chi connectivity index (χ2n) is 44.3. The van der Waals surface area contributed by atoms with Crippen molar-refractivity contribution in [1.29, 1.82) is 0 Å². The average Bonchev–Trinajstić information content (AvgIpc) is 1.64. The summed E-state index contributed by atoms with van der Waals surface area (Å²) in [6.45, 7) is 53.7. The Morgan fingerprint density at radius 2 is 0.697 bits per heavy atom. The number of sulfone groups is 3. The number of benzene rings is 3. The van der Waals surface area contributed by atoms with E-state index in [2.05, 4.69) is 167 Å². The van der Waals surface area contributed by atoms with Gasteiger partial charge in [0.1, 0.15) is 68.1 Å². The second-order valence-corrected chi connectivity index (χ2v) is 88.5. The van der Waals surface area contributed by atoms with E-state index in [1.165, 1.54) is 50.0 Å². The summed E-state index contributed by atoms with van der Waals surface area (Å²) in [5.41, 5.74) is 23.4. The van der Waals surface area contributed by atoms with Crippen molar-refractivity contribution in [2.24, 2.45) is 0 Å². The van der Waals surface area contributed by atoms with Crippen molar-refractivity contribution in [2.45, 2.75) is 252 Å². The van der Waals surface area contributed by atoms with Crippen LogP contribution in [0.4, 0.5) is 17.5 Å². The molecule has 3 fully saturated rings. The van der Waals surface area contributed by atoms with Crippen LogP contribution in [0.15, 0.2) is 186 Å². The van der Waals surface area contributed by atoms with E-state index in [9.17, 15) is 30.0 Å². The number of rotatable bonds is 43. The Labute approximate surface area is 879 Å². The van der Waals surface area contributed by atoms with Crippen molar-refractivity contribution in [1.82, 2.24) is 58.7 Å². The first-order valence-electron chi connectivity index (χ1n) is 51.8. The number of fused-ring (bicyclic) bond motifs is 3. The van der Waals surface area contributed by atoms with E-state index in [4.69, 9.17) is 59.8 Å². The number of nitrogen functional groups attached to an aromatic ring is 1. The predicted molar refractivity (Wildman–Crippen MR) is 614 cm³/mol. The molecular formula is C110H156BrN15O11S3Si4Sn. The fourth-order valence-corrected chi connectivity index (χ4v) is 41.3. The molecule has 3 aromatic carbocycles. The molecule has 26 nitrogen and oxygen atoms in total. The SMILES string of the molecule is C=C(C)c1c(C2CCS(=O)(=O)CC2)nc2c(-c3ccc(-c4ccccc4)nc3)cnn2c1N(COCC[Si](C)(C)C)COCC[Si](C)(C)C.C=[C](C)[Sn]([CH2]CCC)([CH2]CCC)[CH2]CCC.CC(=O)c1c(C2CCS(=O)(=O)CC2)nc2c(-c3ccc(-c4ccccc4)nc3)cnn2c1N.C[Si](C)(C)CCOCN(COCC[Si](C)(C)C)c1c(Br)c(C2CCS(=O)(=O)CC2)nc2c(-c3ccc(-c4ccccc4)nc3)cnn12. The number of allylic oxidation sites excluding steroid dienone is 2. The number of Topliss-reactive ketones (excluding diaryl/α,β-unsaturated/α-hetero) is 1. The molecule has 35 heteroatoms. The third kappa shape index (κ3) is 32.2.